The molecule has 1 aromatic carbocycles. The Bertz CT molecular complexity index is 711. The summed E-state index contributed by atoms with van der Waals surface area (Å²) in [7, 11) is 0. The van der Waals surface area contributed by atoms with Gasteiger partial charge in [-0.3, -0.25) is 4.79 Å². The van der Waals surface area contributed by atoms with Gasteiger partial charge in [0.1, 0.15) is 11.4 Å². The van der Waals surface area contributed by atoms with Crippen molar-refractivity contribution in [2.24, 2.45) is 0 Å². The lowest BCUT2D eigenvalue weighted by molar-refractivity contribution is -0.116. The van der Waals surface area contributed by atoms with E-state index in [0.29, 0.717) is 19.6 Å². The molecule has 1 atom stereocenters. The van der Waals surface area contributed by atoms with E-state index in [1.54, 1.807) is 0 Å². The maximum Gasteiger partial charge on any atom is 0.407 e. The van der Waals surface area contributed by atoms with Crippen LogP contribution in [0.1, 0.15) is 65.4 Å². The summed E-state index contributed by atoms with van der Waals surface area (Å²) in [5.74, 6) is 0.594. The number of ether oxygens (including phenoxy) is 2. The molecule has 7 heteroatoms. The van der Waals surface area contributed by atoms with E-state index in [9.17, 15) is 9.59 Å². The summed E-state index contributed by atoms with van der Waals surface area (Å²) in [4.78, 5) is 26.5. The van der Waals surface area contributed by atoms with E-state index in [1.165, 1.54) is 0 Å². The van der Waals surface area contributed by atoms with Gasteiger partial charge in [0, 0.05) is 30.6 Å². The molecule has 0 bridgehead atoms. The summed E-state index contributed by atoms with van der Waals surface area (Å²) in [6.07, 6.45) is 1.94. The van der Waals surface area contributed by atoms with Gasteiger partial charge < -0.3 is 25.0 Å². The predicted molar refractivity (Wildman–Crippen MR) is 119 cm³/mol. The summed E-state index contributed by atoms with van der Waals surface area (Å²) in [6.45, 7) is 14.1. The number of unbranched alkanes of at least 4 members (excludes halogenated alkanes) is 1. The van der Waals surface area contributed by atoms with Gasteiger partial charge in [0.05, 0.1) is 6.61 Å². The summed E-state index contributed by atoms with van der Waals surface area (Å²) in [5.41, 5.74) is 1.20. The van der Waals surface area contributed by atoms with Gasteiger partial charge in [-0.25, -0.2) is 4.79 Å². The Labute approximate surface area is 180 Å². The minimum Gasteiger partial charge on any atom is -0.494 e. The van der Waals surface area contributed by atoms with Crippen molar-refractivity contribution in [2.75, 3.05) is 38.1 Å². The molecule has 0 aromatic heterocycles. The second-order valence-corrected chi connectivity index (χ2v) is 8.66. The van der Waals surface area contributed by atoms with Crippen LogP contribution in [0.4, 0.5) is 10.5 Å². The lowest BCUT2D eigenvalue weighted by Crippen LogP contribution is -2.36. The molecule has 2 amide bonds. The van der Waals surface area contributed by atoms with Gasteiger partial charge in [-0.2, -0.15) is 0 Å². The zero-order valence-electron chi connectivity index (χ0n) is 19.0. The lowest BCUT2D eigenvalue weighted by Gasteiger charge is -2.27. The number of anilines is 1. The molecule has 2 N–H and O–H groups in total. The van der Waals surface area contributed by atoms with E-state index in [4.69, 9.17) is 9.47 Å². The first kappa shape index (κ1) is 24.0. The minimum atomic E-state index is -0.552. The Kier molecular flexibility index (Phi) is 8.96. The Morgan fingerprint density at radius 3 is 2.63 bits per heavy atom. The third-order valence-electron chi connectivity index (χ3n) is 5.09. The molecule has 0 radical (unpaired) electrons. The van der Waals surface area contributed by atoms with Crippen LogP contribution in [0.5, 0.6) is 5.75 Å². The largest absolute Gasteiger partial charge is 0.494 e. The van der Waals surface area contributed by atoms with Crippen LogP contribution in [0.2, 0.25) is 0 Å². The molecule has 1 aliphatic heterocycles. The number of nitrogens with one attached hydrogen (secondary N) is 2. The molecule has 1 aromatic rings. The second-order valence-electron chi connectivity index (χ2n) is 8.66. The number of nitrogens with zero attached hydrogens (tertiary/aromatic N) is 1. The number of rotatable bonds is 10. The molecule has 30 heavy (non-hydrogen) atoms. The molecule has 7 nitrogen and oxygen atoms in total. The zero-order valence-corrected chi connectivity index (χ0v) is 19.0. The molecular formula is C23H37N3O4. The van der Waals surface area contributed by atoms with Crippen LogP contribution < -0.4 is 15.4 Å². The van der Waals surface area contributed by atoms with Crippen molar-refractivity contribution < 1.29 is 19.1 Å². The Hall–Kier alpha value is -2.28. The Balaban J connectivity index is 1.88. The van der Waals surface area contributed by atoms with Gasteiger partial charge in [0.25, 0.3) is 0 Å². The number of carbonyl (C=O) groups is 2. The van der Waals surface area contributed by atoms with Crippen molar-refractivity contribution in [1.82, 2.24) is 10.2 Å². The summed E-state index contributed by atoms with van der Waals surface area (Å²) < 4.78 is 11.2. The first-order valence-corrected chi connectivity index (χ1v) is 11.0. The van der Waals surface area contributed by atoms with Crippen molar-refractivity contribution in [3.8, 4) is 5.75 Å². The third kappa shape index (κ3) is 7.86. The van der Waals surface area contributed by atoms with Crippen LogP contribution in [0.15, 0.2) is 18.2 Å². The zero-order chi connectivity index (χ0) is 22.1. The van der Waals surface area contributed by atoms with Gasteiger partial charge >= 0.3 is 6.09 Å². The van der Waals surface area contributed by atoms with Gasteiger partial charge in [-0.05, 0) is 64.9 Å². The number of fused-ring (bicyclic) bond motifs is 1. The van der Waals surface area contributed by atoms with Crippen molar-refractivity contribution >= 4 is 17.7 Å². The first-order valence-electron chi connectivity index (χ1n) is 11.0. The fourth-order valence-electron chi connectivity index (χ4n) is 3.49. The van der Waals surface area contributed by atoms with E-state index in [2.05, 4.69) is 29.4 Å². The van der Waals surface area contributed by atoms with Crippen LogP contribution in [0.3, 0.4) is 0 Å². The molecule has 1 unspecified atom stereocenters. The predicted octanol–water partition coefficient (Wildman–Crippen LogP) is 4.14. The normalized spacial score (nSPS) is 16.1. The molecule has 2 rings (SSSR count). The highest BCUT2D eigenvalue weighted by molar-refractivity contribution is 5.95. The van der Waals surface area contributed by atoms with Crippen molar-refractivity contribution in [3.63, 3.8) is 0 Å². The van der Waals surface area contributed by atoms with E-state index >= 15 is 0 Å². The highest BCUT2D eigenvalue weighted by atomic mass is 16.6. The number of benzene rings is 1. The van der Waals surface area contributed by atoms with Crippen molar-refractivity contribution in [3.05, 3.63) is 23.8 Å². The number of hydrogen-bond acceptors (Lipinski definition) is 5. The van der Waals surface area contributed by atoms with Crippen LogP contribution in [0, 0.1) is 0 Å². The fraction of sp³-hybridized carbons (Fsp3) is 0.652. The molecular weight excluding hydrogens is 382 g/mol. The number of carbonyl (C=O) groups excluding carboxylic acids is 2. The molecule has 168 valence electrons. The van der Waals surface area contributed by atoms with Crippen LogP contribution in [0.25, 0.3) is 0 Å². The van der Waals surface area contributed by atoms with Gasteiger partial charge in [-0.1, -0.05) is 19.9 Å². The van der Waals surface area contributed by atoms with E-state index in [1.807, 2.05) is 39.0 Å². The topological polar surface area (TPSA) is 79.9 Å². The highest BCUT2D eigenvalue weighted by Crippen LogP contribution is 2.34. The maximum absolute atomic E-state index is 12.1. The number of amides is 2. The standard InChI is InChI=1S/C23H37N3O4/c1-6-26(7-2)12-8-9-13-29-18-10-11-19-17(14-21(27)25-20(19)15-18)16-24-22(28)30-23(3,4)5/h10-11,15,17H,6-9,12-14,16H2,1-5H3,(H,24,28)(H,25,27). The van der Waals surface area contributed by atoms with Gasteiger partial charge in [0.2, 0.25) is 5.91 Å². The Morgan fingerprint density at radius 1 is 1.23 bits per heavy atom. The lowest BCUT2D eigenvalue weighted by atomic mass is 9.90. The molecule has 0 spiro atoms. The highest BCUT2D eigenvalue weighted by Gasteiger charge is 2.26. The van der Waals surface area contributed by atoms with E-state index in [0.717, 1.165) is 49.5 Å². The van der Waals surface area contributed by atoms with Gasteiger partial charge in [0.15, 0.2) is 0 Å². The monoisotopic (exact) mass is 419 g/mol. The molecule has 0 saturated carbocycles. The summed E-state index contributed by atoms with van der Waals surface area (Å²) in [5, 5.41) is 5.69. The Morgan fingerprint density at radius 2 is 1.97 bits per heavy atom. The SMILES string of the molecule is CCN(CC)CCCCOc1ccc2c(c1)NC(=O)CC2CNC(=O)OC(C)(C)C. The van der Waals surface area contributed by atoms with Crippen molar-refractivity contribution in [2.45, 2.75) is 65.4 Å². The second kappa shape index (κ2) is 11.2. The minimum absolute atomic E-state index is 0.0603. The third-order valence-corrected chi connectivity index (χ3v) is 5.09. The van der Waals surface area contributed by atoms with Crippen molar-refractivity contribution in [1.29, 1.82) is 0 Å². The van der Waals surface area contributed by atoms with Crippen LogP contribution in [-0.4, -0.2) is 55.3 Å². The summed E-state index contributed by atoms with van der Waals surface area (Å²) >= 11 is 0. The summed E-state index contributed by atoms with van der Waals surface area (Å²) in [6, 6.07) is 5.78. The average Bonchev–Trinajstić information content (AvgIpc) is 2.67. The average molecular weight is 420 g/mol. The first-order chi connectivity index (χ1) is 14.2. The quantitative estimate of drug-likeness (QED) is 0.557. The number of hydrogen-bond donors (Lipinski definition) is 2. The maximum atomic E-state index is 12.1. The number of alkyl carbamates (subject to hydrolysis) is 1. The van der Waals surface area contributed by atoms with E-state index in [-0.39, 0.29) is 11.8 Å². The van der Waals surface area contributed by atoms with Gasteiger partial charge in [-0.15, -0.1) is 0 Å². The molecule has 1 heterocycles. The molecule has 0 aliphatic carbocycles. The fourth-order valence-corrected chi connectivity index (χ4v) is 3.49. The molecule has 1 aliphatic rings. The van der Waals surface area contributed by atoms with Crippen LogP contribution >= 0.6 is 0 Å². The smallest absolute Gasteiger partial charge is 0.407 e. The molecule has 0 fully saturated rings. The van der Waals surface area contributed by atoms with E-state index < -0.39 is 11.7 Å². The van der Waals surface area contributed by atoms with Crippen LogP contribution in [-0.2, 0) is 9.53 Å². The molecule has 0 saturated heterocycles.